The normalized spacial score (nSPS) is 10.6. The first-order chi connectivity index (χ1) is 9.36. The van der Waals surface area contributed by atoms with E-state index in [0.29, 0.717) is 11.7 Å². The van der Waals surface area contributed by atoms with Gasteiger partial charge in [0.15, 0.2) is 0 Å². The summed E-state index contributed by atoms with van der Waals surface area (Å²) >= 11 is 0. The van der Waals surface area contributed by atoms with E-state index in [1.165, 1.54) is 0 Å². The van der Waals surface area contributed by atoms with Gasteiger partial charge in [-0.05, 0) is 17.2 Å². The fourth-order valence-corrected chi connectivity index (χ4v) is 1.92. The van der Waals surface area contributed by atoms with Crippen molar-refractivity contribution in [2.75, 3.05) is 0 Å². The molecule has 0 aliphatic rings. The summed E-state index contributed by atoms with van der Waals surface area (Å²) in [5, 5.41) is 3.93. The molecule has 0 saturated heterocycles. The van der Waals surface area contributed by atoms with E-state index in [-0.39, 0.29) is 6.54 Å². The van der Waals surface area contributed by atoms with Gasteiger partial charge in [-0.15, -0.1) is 0 Å². The monoisotopic (exact) mass is 251 g/mol. The lowest BCUT2D eigenvalue weighted by Gasteiger charge is -2.02. The Bertz CT molecular complexity index is 677. The van der Waals surface area contributed by atoms with Gasteiger partial charge in [0.2, 0.25) is 11.7 Å². The maximum absolute atomic E-state index is 5.47. The van der Waals surface area contributed by atoms with E-state index in [1.807, 2.05) is 36.4 Å². The van der Waals surface area contributed by atoms with Crippen LogP contribution >= 0.6 is 0 Å². The summed E-state index contributed by atoms with van der Waals surface area (Å²) in [4.78, 5) is 4.23. The zero-order valence-electron chi connectivity index (χ0n) is 10.3. The van der Waals surface area contributed by atoms with Crippen LogP contribution in [0.3, 0.4) is 0 Å². The van der Waals surface area contributed by atoms with Crippen LogP contribution in [0, 0.1) is 0 Å². The van der Waals surface area contributed by atoms with Gasteiger partial charge in [0.1, 0.15) is 0 Å². The molecule has 3 rings (SSSR count). The van der Waals surface area contributed by atoms with Gasteiger partial charge >= 0.3 is 0 Å². The Kier molecular flexibility index (Phi) is 3.08. The Morgan fingerprint density at radius 2 is 1.63 bits per heavy atom. The van der Waals surface area contributed by atoms with Crippen molar-refractivity contribution in [1.29, 1.82) is 0 Å². The minimum Gasteiger partial charge on any atom is -0.338 e. The Morgan fingerprint density at radius 3 is 2.37 bits per heavy atom. The Balaban J connectivity index is 2.00. The van der Waals surface area contributed by atoms with Crippen LogP contribution in [0.2, 0.25) is 0 Å². The first-order valence-corrected chi connectivity index (χ1v) is 6.05. The number of aromatic nitrogens is 2. The van der Waals surface area contributed by atoms with Crippen molar-refractivity contribution < 1.29 is 4.52 Å². The Hall–Kier alpha value is -2.46. The summed E-state index contributed by atoms with van der Waals surface area (Å²) in [6, 6.07) is 18.2. The summed E-state index contributed by atoms with van der Waals surface area (Å²) < 4.78 is 5.03. The molecule has 1 aromatic heterocycles. The second kappa shape index (κ2) is 5.04. The van der Waals surface area contributed by atoms with Gasteiger partial charge in [0, 0.05) is 5.56 Å². The number of hydrogen-bond acceptors (Lipinski definition) is 4. The zero-order valence-corrected chi connectivity index (χ0v) is 10.3. The third-order valence-corrected chi connectivity index (χ3v) is 2.87. The van der Waals surface area contributed by atoms with Crippen LogP contribution in [-0.2, 0) is 6.54 Å². The topological polar surface area (TPSA) is 64.9 Å². The van der Waals surface area contributed by atoms with Gasteiger partial charge in [-0.2, -0.15) is 4.98 Å². The maximum Gasteiger partial charge on any atom is 0.240 e. The third-order valence-electron chi connectivity index (χ3n) is 2.87. The van der Waals surface area contributed by atoms with Crippen LogP contribution in [0.15, 0.2) is 59.1 Å². The Morgan fingerprint density at radius 1 is 0.895 bits per heavy atom. The minimum absolute atomic E-state index is 0.255. The van der Waals surface area contributed by atoms with Crippen LogP contribution < -0.4 is 5.73 Å². The van der Waals surface area contributed by atoms with Crippen LogP contribution in [0.4, 0.5) is 0 Å². The molecule has 94 valence electrons. The van der Waals surface area contributed by atoms with Crippen molar-refractivity contribution in [2.24, 2.45) is 5.73 Å². The molecule has 19 heavy (non-hydrogen) atoms. The molecular weight excluding hydrogens is 238 g/mol. The number of hydrogen-bond donors (Lipinski definition) is 1. The summed E-state index contributed by atoms with van der Waals surface area (Å²) in [5.74, 6) is 1.01. The SMILES string of the molecule is NCc1nc(-c2cccc(-c3ccccc3)c2)no1. The average molecular weight is 251 g/mol. The largest absolute Gasteiger partial charge is 0.338 e. The number of nitrogens with two attached hydrogens (primary N) is 1. The van der Waals surface area contributed by atoms with Crippen molar-refractivity contribution in [3.63, 3.8) is 0 Å². The molecule has 4 heteroatoms. The molecular formula is C15H13N3O. The highest BCUT2D eigenvalue weighted by Gasteiger charge is 2.08. The summed E-state index contributed by atoms with van der Waals surface area (Å²) in [6.45, 7) is 0.255. The first kappa shape index (κ1) is 11.6. The van der Waals surface area contributed by atoms with E-state index in [9.17, 15) is 0 Å². The number of rotatable bonds is 3. The third kappa shape index (κ3) is 2.39. The van der Waals surface area contributed by atoms with Gasteiger partial charge in [-0.1, -0.05) is 53.7 Å². The van der Waals surface area contributed by atoms with E-state index in [1.54, 1.807) is 0 Å². The second-order valence-electron chi connectivity index (χ2n) is 4.16. The molecule has 4 nitrogen and oxygen atoms in total. The molecule has 0 aliphatic heterocycles. The predicted octanol–water partition coefficient (Wildman–Crippen LogP) is 2.86. The minimum atomic E-state index is 0.255. The van der Waals surface area contributed by atoms with Crippen molar-refractivity contribution in [1.82, 2.24) is 10.1 Å². The van der Waals surface area contributed by atoms with Crippen LogP contribution in [0.1, 0.15) is 5.89 Å². The highest BCUT2D eigenvalue weighted by molar-refractivity contribution is 5.69. The van der Waals surface area contributed by atoms with Crippen molar-refractivity contribution in [3.8, 4) is 22.5 Å². The van der Waals surface area contributed by atoms with E-state index in [2.05, 4.69) is 28.3 Å². The lowest BCUT2D eigenvalue weighted by Crippen LogP contribution is -1.95. The molecule has 2 N–H and O–H groups in total. The first-order valence-electron chi connectivity index (χ1n) is 6.05. The fraction of sp³-hybridized carbons (Fsp3) is 0.0667. The van der Waals surface area contributed by atoms with Gasteiger partial charge in [0.25, 0.3) is 0 Å². The van der Waals surface area contributed by atoms with Crippen molar-refractivity contribution in [2.45, 2.75) is 6.54 Å². The number of nitrogens with zero attached hydrogens (tertiary/aromatic N) is 2. The van der Waals surface area contributed by atoms with Gasteiger partial charge < -0.3 is 10.3 Å². The summed E-state index contributed by atoms with van der Waals surface area (Å²) in [5.41, 5.74) is 8.67. The zero-order chi connectivity index (χ0) is 13.1. The maximum atomic E-state index is 5.47. The van der Waals surface area contributed by atoms with E-state index in [4.69, 9.17) is 10.3 Å². The Labute approximate surface area is 110 Å². The molecule has 0 unspecified atom stereocenters. The molecule has 0 aliphatic carbocycles. The molecule has 2 aromatic carbocycles. The highest BCUT2D eigenvalue weighted by atomic mass is 16.5. The predicted molar refractivity (Wildman–Crippen MR) is 73.1 cm³/mol. The lowest BCUT2D eigenvalue weighted by atomic mass is 10.0. The molecule has 0 spiro atoms. The average Bonchev–Trinajstić information content (AvgIpc) is 2.97. The summed E-state index contributed by atoms with van der Waals surface area (Å²) in [7, 11) is 0. The van der Waals surface area contributed by atoms with E-state index < -0.39 is 0 Å². The van der Waals surface area contributed by atoms with E-state index >= 15 is 0 Å². The molecule has 1 heterocycles. The van der Waals surface area contributed by atoms with Crippen molar-refractivity contribution >= 4 is 0 Å². The highest BCUT2D eigenvalue weighted by Crippen LogP contribution is 2.24. The molecule has 0 atom stereocenters. The molecule has 3 aromatic rings. The molecule has 0 bridgehead atoms. The quantitative estimate of drug-likeness (QED) is 0.777. The second-order valence-corrected chi connectivity index (χ2v) is 4.16. The van der Waals surface area contributed by atoms with Crippen LogP contribution in [0.25, 0.3) is 22.5 Å². The summed E-state index contributed by atoms with van der Waals surface area (Å²) in [6.07, 6.45) is 0. The molecule has 0 amide bonds. The molecule has 0 radical (unpaired) electrons. The van der Waals surface area contributed by atoms with Gasteiger partial charge in [0.05, 0.1) is 6.54 Å². The van der Waals surface area contributed by atoms with Crippen LogP contribution in [-0.4, -0.2) is 10.1 Å². The van der Waals surface area contributed by atoms with Gasteiger partial charge in [-0.3, -0.25) is 0 Å². The number of benzene rings is 2. The molecule has 0 saturated carbocycles. The van der Waals surface area contributed by atoms with E-state index in [0.717, 1.165) is 16.7 Å². The smallest absolute Gasteiger partial charge is 0.240 e. The van der Waals surface area contributed by atoms with Crippen LogP contribution in [0.5, 0.6) is 0 Å². The standard InChI is InChI=1S/C15H13N3O/c16-10-14-17-15(18-19-14)13-8-4-7-12(9-13)11-5-2-1-3-6-11/h1-9H,10,16H2. The van der Waals surface area contributed by atoms with Crippen molar-refractivity contribution in [3.05, 3.63) is 60.5 Å². The lowest BCUT2D eigenvalue weighted by molar-refractivity contribution is 0.380. The molecule has 0 fully saturated rings. The van der Waals surface area contributed by atoms with Gasteiger partial charge in [-0.25, -0.2) is 0 Å². The fourth-order valence-electron chi connectivity index (χ4n) is 1.92.